The SMILES string of the molecule is COc1cccc(CN2CCC3(CC2)CN(Cc2ccccn2)CCO3)c1. The fourth-order valence-electron chi connectivity index (χ4n) is 4.23. The Kier molecular flexibility index (Phi) is 5.72. The highest BCUT2D eigenvalue weighted by atomic mass is 16.5. The molecule has 5 nitrogen and oxygen atoms in total. The average molecular weight is 367 g/mol. The smallest absolute Gasteiger partial charge is 0.119 e. The van der Waals surface area contributed by atoms with Crippen molar-refractivity contribution in [1.82, 2.24) is 14.8 Å². The number of morpholine rings is 1. The van der Waals surface area contributed by atoms with Crippen LogP contribution in [0.15, 0.2) is 48.7 Å². The summed E-state index contributed by atoms with van der Waals surface area (Å²) in [6.45, 7) is 6.87. The van der Waals surface area contributed by atoms with Gasteiger partial charge in [0.25, 0.3) is 0 Å². The van der Waals surface area contributed by atoms with Crippen LogP contribution in [0.2, 0.25) is 0 Å². The standard InChI is InChI=1S/C22H29N3O2/c1-26-21-7-4-5-19(15-21)16-24-11-8-22(9-12-24)18-25(13-14-27-22)17-20-6-2-3-10-23-20/h2-7,10,15H,8-9,11-14,16-18H2,1H3. The van der Waals surface area contributed by atoms with Crippen LogP contribution in [0, 0.1) is 0 Å². The highest BCUT2D eigenvalue weighted by Gasteiger charge is 2.39. The van der Waals surface area contributed by atoms with E-state index in [2.05, 4.69) is 45.1 Å². The fraction of sp³-hybridized carbons (Fsp3) is 0.500. The molecule has 0 radical (unpaired) electrons. The Morgan fingerprint density at radius 1 is 1.04 bits per heavy atom. The van der Waals surface area contributed by atoms with Crippen molar-refractivity contribution in [2.75, 3.05) is 39.9 Å². The summed E-state index contributed by atoms with van der Waals surface area (Å²) in [6, 6.07) is 14.5. The molecule has 0 amide bonds. The number of nitrogens with zero attached hydrogens (tertiary/aromatic N) is 3. The number of piperidine rings is 1. The molecule has 27 heavy (non-hydrogen) atoms. The third-order valence-electron chi connectivity index (χ3n) is 5.75. The lowest BCUT2D eigenvalue weighted by molar-refractivity contribution is -0.138. The van der Waals surface area contributed by atoms with E-state index in [1.807, 2.05) is 18.3 Å². The first kappa shape index (κ1) is 18.4. The second kappa shape index (κ2) is 8.38. The van der Waals surface area contributed by atoms with Crippen LogP contribution < -0.4 is 4.74 Å². The minimum absolute atomic E-state index is 0.0118. The van der Waals surface area contributed by atoms with E-state index in [9.17, 15) is 0 Å². The average Bonchev–Trinajstić information content (AvgIpc) is 2.71. The number of likely N-dealkylation sites (tertiary alicyclic amines) is 1. The summed E-state index contributed by atoms with van der Waals surface area (Å²) < 4.78 is 11.6. The summed E-state index contributed by atoms with van der Waals surface area (Å²) in [7, 11) is 1.72. The van der Waals surface area contributed by atoms with Gasteiger partial charge in [-0.3, -0.25) is 14.8 Å². The Labute approximate surface area is 161 Å². The molecular formula is C22H29N3O2. The molecule has 5 heteroatoms. The zero-order chi connectivity index (χ0) is 18.5. The van der Waals surface area contributed by atoms with Crippen molar-refractivity contribution in [2.45, 2.75) is 31.5 Å². The Balaban J connectivity index is 1.32. The lowest BCUT2D eigenvalue weighted by atomic mass is 9.89. The Bertz CT molecular complexity index is 729. The number of pyridine rings is 1. The summed E-state index contributed by atoms with van der Waals surface area (Å²) in [6.07, 6.45) is 4.06. The van der Waals surface area contributed by atoms with Gasteiger partial charge in [-0.25, -0.2) is 0 Å². The Morgan fingerprint density at radius 3 is 2.70 bits per heavy atom. The highest BCUT2D eigenvalue weighted by Crippen LogP contribution is 2.31. The van der Waals surface area contributed by atoms with Gasteiger partial charge in [0.15, 0.2) is 0 Å². The van der Waals surface area contributed by atoms with Crippen molar-refractivity contribution in [1.29, 1.82) is 0 Å². The molecule has 2 fully saturated rings. The maximum atomic E-state index is 6.30. The van der Waals surface area contributed by atoms with Gasteiger partial charge in [-0.1, -0.05) is 18.2 Å². The molecule has 0 bridgehead atoms. The van der Waals surface area contributed by atoms with Crippen LogP contribution in [0.25, 0.3) is 0 Å². The van der Waals surface area contributed by atoms with Crippen LogP contribution in [-0.2, 0) is 17.8 Å². The third-order valence-corrected chi connectivity index (χ3v) is 5.75. The number of methoxy groups -OCH3 is 1. The van der Waals surface area contributed by atoms with Crippen LogP contribution in [-0.4, -0.2) is 60.3 Å². The molecule has 0 N–H and O–H groups in total. The van der Waals surface area contributed by atoms with Crippen LogP contribution in [0.3, 0.4) is 0 Å². The van der Waals surface area contributed by atoms with E-state index in [0.29, 0.717) is 0 Å². The maximum Gasteiger partial charge on any atom is 0.119 e. The summed E-state index contributed by atoms with van der Waals surface area (Å²) in [5, 5.41) is 0. The molecule has 1 aromatic heterocycles. The van der Waals surface area contributed by atoms with Crippen molar-refractivity contribution in [3.63, 3.8) is 0 Å². The van der Waals surface area contributed by atoms with E-state index >= 15 is 0 Å². The predicted molar refractivity (Wildman–Crippen MR) is 106 cm³/mol. The molecule has 144 valence electrons. The second-order valence-corrected chi connectivity index (χ2v) is 7.69. The van der Waals surface area contributed by atoms with Gasteiger partial charge >= 0.3 is 0 Å². The van der Waals surface area contributed by atoms with E-state index in [1.165, 1.54) is 5.56 Å². The van der Waals surface area contributed by atoms with Crippen molar-refractivity contribution in [3.8, 4) is 5.75 Å². The van der Waals surface area contributed by atoms with E-state index in [-0.39, 0.29) is 5.60 Å². The molecule has 4 rings (SSSR count). The molecule has 0 atom stereocenters. The van der Waals surface area contributed by atoms with Gasteiger partial charge in [0.1, 0.15) is 5.75 Å². The van der Waals surface area contributed by atoms with Crippen molar-refractivity contribution >= 4 is 0 Å². The van der Waals surface area contributed by atoms with E-state index in [1.54, 1.807) is 7.11 Å². The van der Waals surface area contributed by atoms with Crippen LogP contribution in [0.1, 0.15) is 24.1 Å². The summed E-state index contributed by atoms with van der Waals surface area (Å²) in [5.41, 5.74) is 2.47. The lowest BCUT2D eigenvalue weighted by Gasteiger charge is -2.47. The molecule has 2 aliphatic rings. The molecule has 1 spiro atoms. The van der Waals surface area contributed by atoms with Gasteiger partial charge in [-0.2, -0.15) is 0 Å². The molecule has 0 aliphatic carbocycles. The molecule has 2 aliphatic heterocycles. The monoisotopic (exact) mass is 367 g/mol. The number of hydrogen-bond acceptors (Lipinski definition) is 5. The zero-order valence-electron chi connectivity index (χ0n) is 16.1. The van der Waals surface area contributed by atoms with E-state index in [0.717, 1.165) is 70.2 Å². The maximum absolute atomic E-state index is 6.30. The van der Waals surface area contributed by atoms with Gasteiger partial charge in [-0.05, 0) is 42.7 Å². The van der Waals surface area contributed by atoms with Gasteiger partial charge in [0.2, 0.25) is 0 Å². The fourth-order valence-corrected chi connectivity index (χ4v) is 4.23. The first-order valence-electron chi connectivity index (χ1n) is 9.86. The van der Waals surface area contributed by atoms with Gasteiger partial charge in [0, 0.05) is 45.5 Å². The molecular weight excluding hydrogens is 338 g/mol. The molecule has 0 saturated carbocycles. The van der Waals surface area contributed by atoms with Crippen molar-refractivity contribution < 1.29 is 9.47 Å². The summed E-state index contributed by atoms with van der Waals surface area (Å²) in [4.78, 5) is 9.51. The topological polar surface area (TPSA) is 37.8 Å². The van der Waals surface area contributed by atoms with Gasteiger partial charge in [0.05, 0.1) is 25.0 Å². The lowest BCUT2D eigenvalue weighted by Crippen LogP contribution is -2.56. The quantitative estimate of drug-likeness (QED) is 0.812. The first-order chi connectivity index (χ1) is 13.2. The number of rotatable bonds is 5. The van der Waals surface area contributed by atoms with Crippen molar-refractivity contribution in [2.24, 2.45) is 0 Å². The van der Waals surface area contributed by atoms with Gasteiger partial charge < -0.3 is 9.47 Å². The predicted octanol–water partition coefficient (Wildman–Crippen LogP) is 2.96. The molecule has 2 saturated heterocycles. The minimum Gasteiger partial charge on any atom is -0.497 e. The first-order valence-corrected chi connectivity index (χ1v) is 9.86. The Hall–Kier alpha value is -1.95. The molecule has 3 heterocycles. The third kappa shape index (κ3) is 4.67. The molecule has 2 aromatic rings. The largest absolute Gasteiger partial charge is 0.497 e. The molecule has 1 aromatic carbocycles. The van der Waals surface area contributed by atoms with Crippen LogP contribution in [0.5, 0.6) is 5.75 Å². The summed E-state index contributed by atoms with van der Waals surface area (Å²) >= 11 is 0. The number of aromatic nitrogens is 1. The number of hydrogen-bond donors (Lipinski definition) is 0. The number of ether oxygens (including phenoxy) is 2. The van der Waals surface area contributed by atoms with Crippen LogP contribution >= 0.6 is 0 Å². The summed E-state index contributed by atoms with van der Waals surface area (Å²) in [5.74, 6) is 0.932. The normalized spacial score (nSPS) is 20.6. The van der Waals surface area contributed by atoms with Crippen molar-refractivity contribution in [3.05, 3.63) is 59.9 Å². The Morgan fingerprint density at radius 2 is 1.93 bits per heavy atom. The van der Waals surface area contributed by atoms with E-state index < -0.39 is 0 Å². The highest BCUT2D eigenvalue weighted by molar-refractivity contribution is 5.28. The number of benzene rings is 1. The molecule has 0 unspecified atom stereocenters. The van der Waals surface area contributed by atoms with E-state index in [4.69, 9.17) is 9.47 Å². The zero-order valence-corrected chi connectivity index (χ0v) is 16.1. The second-order valence-electron chi connectivity index (χ2n) is 7.69. The van der Waals surface area contributed by atoms with Gasteiger partial charge in [-0.15, -0.1) is 0 Å². The minimum atomic E-state index is 0.0118. The van der Waals surface area contributed by atoms with Crippen LogP contribution in [0.4, 0.5) is 0 Å².